The van der Waals surface area contributed by atoms with E-state index in [1.165, 1.54) is 58.3 Å². The van der Waals surface area contributed by atoms with Crippen LogP contribution in [0.25, 0.3) is 0 Å². The fraction of sp³-hybridized carbons (Fsp3) is 1.00. The molecule has 0 spiro atoms. The molecule has 1 fully saturated rings. The molecule has 0 aromatic rings. The Morgan fingerprint density at radius 2 is 1.36 bits per heavy atom. The van der Waals surface area contributed by atoms with Crippen LogP contribution in [-0.2, 0) is 18.8 Å². The first kappa shape index (κ1) is 19.9. The average molecular weight is 336 g/mol. The second-order valence-electron chi connectivity index (χ2n) is 6.46. The number of unbranched alkanes of at least 4 members (excludes halogenated alkanes) is 10. The molecule has 22 heavy (non-hydrogen) atoms. The van der Waals surface area contributed by atoms with Gasteiger partial charge in [0.1, 0.15) is 6.10 Å². The van der Waals surface area contributed by atoms with Crippen molar-refractivity contribution in [1.29, 1.82) is 0 Å². The highest BCUT2D eigenvalue weighted by Gasteiger charge is 2.48. The molecule has 1 aliphatic heterocycles. The Morgan fingerprint density at radius 1 is 0.909 bits per heavy atom. The molecule has 0 aromatic heterocycles. The minimum absolute atomic E-state index is 0.503. The first-order chi connectivity index (χ1) is 10.4. The molecule has 6 heteroatoms. The van der Waals surface area contributed by atoms with Gasteiger partial charge in [0, 0.05) is 0 Å². The molecule has 0 aromatic carbocycles. The summed E-state index contributed by atoms with van der Waals surface area (Å²) in [5.74, 6) is -1.72. The summed E-state index contributed by atoms with van der Waals surface area (Å²) >= 11 is 0. The molecular weight excluding hydrogens is 304 g/mol. The lowest BCUT2D eigenvalue weighted by Gasteiger charge is -2.19. The van der Waals surface area contributed by atoms with Gasteiger partial charge in [-0.05, 0) is 13.3 Å². The molecule has 1 heterocycles. The average Bonchev–Trinajstić information content (AvgIpc) is 2.63. The molecular formula is C16H32O5S. The molecule has 1 saturated heterocycles. The second-order valence-corrected chi connectivity index (χ2v) is 7.63. The minimum Gasteiger partial charge on any atom is -0.363 e. The Balaban J connectivity index is 1.96. The van der Waals surface area contributed by atoms with E-state index >= 15 is 0 Å². The third-order valence-electron chi connectivity index (χ3n) is 4.17. The Kier molecular flexibility index (Phi) is 8.90. The number of hydrogen-bond acceptors (Lipinski definition) is 5. The highest BCUT2D eigenvalue weighted by molar-refractivity contribution is 7.82. The van der Waals surface area contributed by atoms with Gasteiger partial charge in [-0.25, -0.2) is 8.37 Å². The molecule has 2 atom stereocenters. The Bertz CT molecular complexity index is 391. The Labute approximate surface area is 135 Å². The van der Waals surface area contributed by atoms with E-state index < -0.39 is 22.3 Å². The van der Waals surface area contributed by atoms with Gasteiger partial charge in [-0.3, -0.25) is 0 Å². The van der Waals surface area contributed by atoms with Crippen LogP contribution in [0.1, 0.15) is 90.9 Å². The third-order valence-corrected chi connectivity index (χ3v) is 5.18. The van der Waals surface area contributed by atoms with Gasteiger partial charge in [-0.15, -0.1) is 0 Å². The maximum Gasteiger partial charge on any atom is 0.403 e. The lowest BCUT2D eigenvalue weighted by Crippen LogP contribution is -2.36. The van der Waals surface area contributed by atoms with Crippen molar-refractivity contribution in [3.63, 3.8) is 0 Å². The SMILES string of the molecule is CCCCCCCCCCCCCC1OS(=O)(=O)OC1(C)O. The molecule has 0 saturated carbocycles. The van der Waals surface area contributed by atoms with Crippen molar-refractivity contribution in [1.82, 2.24) is 0 Å². The van der Waals surface area contributed by atoms with Crippen molar-refractivity contribution in [3.05, 3.63) is 0 Å². The van der Waals surface area contributed by atoms with Gasteiger partial charge in [0.2, 0.25) is 5.79 Å². The second kappa shape index (κ2) is 9.85. The fourth-order valence-electron chi connectivity index (χ4n) is 2.82. The highest BCUT2D eigenvalue weighted by atomic mass is 32.3. The normalized spacial score (nSPS) is 27.3. The van der Waals surface area contributed by atoms with Crippen LogP contribution in [-0.4, -0.2) is 25.4 Å². The van der Waals surface area contributed by atoms with Crippen LogP contribution in [0.3, 0.4) is 0 Å². The van der Waals surface area contributed by atoms with Crippen molar-refractivity contribution < 1.29 is 21.9 Å². The largest absolute Gasteiger partial charge is 0.403 e. The molecule has 0 radical (unpaired) electrons. The van der Waals surface area contributed by atoms with Crippen LogP contribution in [0.15, 0.2) is 0 Å². The van der Waals surface area contributed by atoms with Gasteiger partial charge >= 0.3 is 10.4 Å². The first-order valence-corrected chi connectivity index (χ1v) is 10.1. The molecule has 1 aliphatic rings. The summed E-state index contributed by atoms with van der Waals surface area (Å²) in [6, 6.07) is 0. The zero-order valence-electron chi connectivity index (χ0n) is 14.1. The summed E-state index contributed by atoms with van der Waals surface area (Å²) in [5.41, 5.74) is 0. The van der Waals surface area contributed by atoms with E-state index in [4.69, 9.17) is 4.18 Å². The van der Waals surface area contributed by atoms with E-state index in [-0.39, 0.29) is 0 Å². The molecule has 5 nitrogen and oxygen atoms in total. The zero-order chi connectivity index (χ0) is 16.5. The summed E-state index contributed by atoms with van der Waals surface area (Å²) in [7, 11) is -4.02. The Morgan fingerprint density at radius 3 is 1.77 bits per heavy atom. The van der Waals surface area contributed by atoms with Crippen LogP contribution >= 0.6 is 0 Å². The maximum atomic E-state index is 11.2. The van der Waals surface area contributed by atoms with E-state index in [0.29, 0.717) is 6.42 Å². The Hall–Kier alpha value is -0.170. The standard InChI is InChI=1S/C16H32O5S/c1-3-4-5-6-7-8-9-10-11-12-13-14-15-16(2,17)21-22(18,19)20-15/h15,17H,3-14H2,1-2H3. The van der Waals surface area contributed by atoms with E-state index in [1.807, 2.05) is 0 Å². The molecule has 1 N–H and O–H groups in total. The highest BCUT2D eigenvalue weighted by Crippen LogP contribution is 2.31. The maximum absolute atomic E-state index is 11.2. The van der Waals surface area contributed by atoms with Crippen LogP contribution < -0.4 is 0 Å². The summed E-state index contributed by atoms with van der Waals surface area (Å²) in [6.07, 6.45) is 13.3. The number of rotatable bonds is 12. The van der Waals surface area contributed by atoms with E-state index in [0.717, 1.165) is 19.3 Å². The van der Waals surface area contributed by atoms with Gasteiger partial charge in [0.25, 0.3) is 0 Å². The van der Waals surface area contributed by atoms with E-state index in [2.05, 4.69) is 11.1 Å². The van der Waals surface area contributed by atoms with Crippen molar-refractivity contribution >= 4 is 10.4 Å². The van der Waals surface area contributed by atoms with Crippen LogP contribution in [0.5, 0.6) is 0 Å². The molecule has 132 valence electrons. The third kappa shape index (κ3) is 7.90. The molecule has 1 rings (SSSR count). The lowest BCUT2D eigenvalue weighted by atomic mass is 10.0. The zero-order valence-corrected chi connectivity index (χ0v) is 14.9. The van der Waals surface area contributed by atoms with Crippen LogP contribution in [0, 0.1) is 0 Å². The van der Waals surface area contributed by atoms with Crippen LogP contribution in [0.2, 0.25) is 0 Å². The number of hydrogen-bond donors (Lipinski definition) is 1. The predicted molar refractivity (Wildman–Crippen MR) is 86.6 cm³/mol. The molecule has 0 aliphatic carbocycles. The summed E-state index contributed by atoms with van der Waals surface area (Å²) < 4.78 is 31.6. The van der Waals surface area contributed by atoms with Gasteiger partial charge in [-0.2, -0.15) is 8.42 Å². The molecule has 0 amide bonds. The van der Waals surface area contributed by atoms with Crippen molar-refractivity contribution in [2.45, 2.75) is 103 Å². The van der Waals surface area contributed by atoms with Crippen molar-refractivity contribution in [2.24, 2.45) is 0 Å². The minimum atomic E-state index is -4.02. The smallest absolute Gasteiger partial charge is 0.363 e. The summed E-state index contributed by atoms with van der Waals surface area (Å²) in [4.78, 5) is 0. The van der Waals surface area contributed by atoms with Crippen molar-refractivity contribution in [2.75, 3.05) is 0 Å². The van der Waals surface area contributed by atoms with E-state index in [1.54, 1.807) is 0 Å². The monoisotopic (exact) mass is 336 g/mol. The molecule has 0 bridgehead atoms. The number of aliphatic hydroxyl groups is 1. The van der Waals surface area contributed by atoms with E-state index in [9.17, 15) is 13.5 Å². The predicted octanol–water partition coefficient (Wildman–Crippen LogP) is 4.06. The van der Waals surface area contributed by atoms with Crippen LogP contribution in [0.4, 0.5) is 0 Å². The lowest BCUT2D eigenvalue weighted by molar-refractivity contribution is -0.141. The molecule has 2 unspecified atom stereocenters. The fourth-order valence-corrected chi connectivity index (χ4v) is 3.94. The topological polar surface area (TPSA) is 72.8 Å². The quantitative estimate of drug-likeness (QED) is 0.544. The van der Waals surface area contributed by atoms with Crippen molar-refractivity contribution in [3.8, 4) is 0 Å². The summed E-state index contributed by atoms with van der Waals surface area (Å²) in [6.45, 7) is 3.57. The van der Waals surface area contributed by atoms with Gasteiger partial charge in [-0.1, -0.05) is 77.6 Å². The summed E-state index contributed by atoms with van der Waals surface area (Å²) in [5, 5.41) is 9.82. The van der Waals surface area contributed by atoms with Gasteiger partial charge < -0.3 is 5.11 Å². The van der Waals surface area contributed by atoms with Gasteiger partial charge in [0.05, 0.1) is 0 Å². The van der Waals surface area contributed by atoms with Gasteiger partial charge in [0.15, 0.2) is 0 Å². The first-order valence-electron chi connectivity index (χ1n) is 8.73.